The van der Waals surface area contributed by atoms with Gasteiger partial charge in [-0.3, -0.25) is 0 Å². The maximum Gasteiger partial charge on any atom is 0.132 e. The van der Waals surface area contributed by atoms with Crippen LogP contribution in [0.15, 0.2) is 36.5 Å². The first-order chi connectivity index (χ1) is 9.97. The lowest BCUT2D eigenvalue weighted by Crippen LogP contribution is -2.22. The van der Waals surface area contributed by atoms with Crippen molar-refractivity contribution < 1.29 is 0 Å². The van der Waals surface area contributed by atoms with Crippen molar-refractivity contribution in [3.05, 3.63) is 53.2 Å². The molecule has 2 rings (SSSR count). The third-order valence-electron chi connectivity index (χ3n) is 3.58. The summed E-state index contributed by atoms with van der Waals surface area (Å²) in [6.07, 6.45) is 1.95. The molecule has 0 aliphatic heterocycles. The second-order valence-electron chi connectivity index (χ2n) is 5.91. The summed E-state index contributed by atoms with van der Waals surface area (Å²) in [6, 6.07) is 11.2. The molecule has 21 heavy (non-hydrogen) atoms. The number of hydrogen-bond acceptors (Lipinski definition) is 3. The van der Waals surface area contributed by atoms with Gasteiger partial charge in [0.1, 0.15) is 5.82 Å². The number of nitrogens with zero attached hydrogens (tertiary/aromatic N) is 2. The lowest BCUT2D eigenvalue weighted by molar-refractivity contribution is 0.588. The topological polar surface area (TPSA) is 28.2 Å². The van der Waals surface area contributed by atoms with E-state index < -0.39 is 0 Å². The highest BCUT2D eigenvalue weighted by molar-refractivity contribution is 5.63. The number of rotatable bonds is 5. The van der Waals surface area contributed by atoms with Gasteiger partial charge in [0.05, 0.1) is 0 Å². The number of aryl methyl sites for hydroxylation is 2. The number of hydrogen-bond donors (Lipinski definition) is 1. The molecule has 0 atom stereocenters. The van der Waals surface area contributed by atoms with Crippen LogP contribution < -0.4 is 10.2 Å². The van der Waals surface area contributed by atoms with Gasteiger partial charge in [0.2, 0.25) is 0 Å². The van der Waals surface area contributed by atoms with Crippen LogP contribution in [0.1, 0.15) is 30.5 Å². The van der Waals surface area contributed by atoms with E-state index in [4.69, 9.17) is 0 Å². The highest BCUT2D eigenvalue weighted by atomic mass is 15.2. The fraction of sp³-hybridized carbons (Fsp3) is 0.389. The van der Waals surface area contributed by atoms with E-state index in [2.05, 4.69) is 80.3 Å². The van der Waals surface area contributed by atoms with Crippen molar-refractivity contribution in [1.29, 1.82) is 0 Å². The molecular formula is C18H25N3. The van der Waals surface area contributed by atoms with Gasteiger partial charge < -0.3 is 10.2 Å². The molecule has 3 heteroatoms. The predicted octanol–water partition coefficient (Wildman–Crippen LogP) is 3.96. The first-order valence-electron chi connectivity index (χ1n) is 7.46. The molecule has 0 bridgehead atoms. The largest absolute Gasteiger partial charge is 0.329 e. The summed E-state index contributed by atoms with van der Waals surface area (Å²) in [5.74, 6) is 0.968. The van der Waals surface area contributed by atoms with E-state index in [1.807, 2.05) is 6.20 Å². The van der Waals surface area contributed by atoms with Crippen LogP contribution in [0.3, 0.4) is 0 Å². The summed E-state index contributed by atoms with van der Waals surface area (Å²) in [7, 11) is 2.06. The molecule has 0 unspecified atom stereocenters. The molecule has 112 valence electrons. The summed E-state index contributed by atoms with van der Waals surface area (Å²) in [5, 5.41) is 3.40. The van der Waals surface area contributed by atoms with Gasteiger partial charge in [-0.1, -0.05) is 37.6 Å². The molecule has 0 aliphatic carbocycles. The van der Waals surface area contributed by atoms with Crippen molar-refractivity contribution in [3.63, 3.8) is 0 Å². The molecule has 1 N–H and O–H groups in total. The molecule has 0 radical (unpaired) electrons. The monoisotopic (exact) mass is 283 g/mol. The van der Waals surface area contributed by atoms with E-state index in [1.165, 1.54) is 22.4 Å². The Kier molecular flexibility index (Phi) is 4.97. The first kappa shape index (κ1) is 15.5. The van der Waals surface area contributed by atoms with Crippen LogP contribution in [0.25, 0.3) is 0 Å². The molecule has 0 aliphatic rings. The maximum atomic E-state index is 4.58. The highest BCUT2D eigenvalue weighted by Crippen LogP contribution is 2.25. The van der Waals surface area contributed by atoms with Gasteiger partial charge in [-0.25, -0.2) is 4.98 Å². The lowest BCUT2D eigenvalue weighted by Gasteiger charge is -2.21. The van der Waals surface area contributed by atoms with Gasteiger partial charge in [0.15, 0.2) is 0 Å². The fourth-order valence-electron chi connectivity index (χ4n) is 2.35. The lowest BCUT2D eigenvalue weighted by atomic mass is 10.1. The van der Waals surface area contributed by atoms with Gasteiger partial charge in [-0.15, -0.1) is 0 Å². The molecule has 2 aromatic rings. The zero-order chi connectivity index (χ0) is 15.4. The Hall–Kier alpha value is -1.87. The smallest absolute Gasteiger partial charge is 0.132 e. The Labute approximate surface area is 128 Å². The standard InChI is InChI=1S/C18H25N3/c1-13(2)19-11-16-7-9-18(20-12-16)21(5)17-8-6-14(3)10-15(17)4/h6-10,12-13,19H,11H2,1-5H3. The summed E-state index contributed by atoms with van der Waals surface area (Å²) < 4.78 is 0. The summed E-state index contributed by atoms with van der Waals surface area (Å²) in [5.41, 5.74) is 4.96. The maximum absolute atomic E-state index is 4.58. The van der Waals surface area contributed by atoms with Crippen molar-refractivity contribution in [2.75, 3.05) is 11.9 Å². The van der Waals surface area contributed by atoms with Crippen LogP contribution >= 0.6 is 0 Å². The Balaban J connectivity index is 2.14. The minimum atomic E-state index is 0.488. The van der Waals surface area contributed by atoms with Gasteiger partial charge >= 0.3 is 0 Å². The van der Waals surface area contributed by atoms with Gasteiger partial charge in [-0.2, -0.15) is 0 Å². The number of pyridine rings is 1. The average Bonchev–Trinajstić information content (AvgIpc) is 2.45. The number of aromatic nitrogens is 1. The average molecular weight is 283 g/mol. The zero-order valence-electron chi connectivity index (χ0n) is 13.6. The van der Waals surface area contributed by atoms with Crippen LogP contribution in [0.5, 0.6) is 0 Å². The molecule has 0 spiro atoms. The summed E-state index contributed by atoms with van der Waals surface area (Å²) in [6.45, 7) is 9.41. The van der Waals surface area contributed by atoms with Crippen molar-refractivity contribution in [2.45, 2.75) is 40.3 Å². The normalized spacial score (nSPS) is 11.0. The number of benzene rings is 1. The fourth-order valence-corrected chi connectivity index (χ4v) is 2.35. The number of nitrogens with one attached hydrogen (secondary N) is 1. The quantitative estimate of drug-likeness (QED) is 0.900. The molecule has 0 fully saturated rings. The van der Waals surface area contributed by atoms with Crippen LogP contribution in [0.4, 0.5) is 11.5 Å². The highest BCUT2D eigenvalue weighted by Gasteiger charge is 2.08. The molecule has 0 amide bonds. The first-order valence-corrected chi connectivity index (χ1v) is 7.46. The van der Waals surface area contributed by atoms with E-state index in [1.54, 1.807) is 0 Å². The Morgan fingerprint density at radius 2 is 1.90 bits per heavy atom. The molecule has 1 heterocycles. The predicted molar refractivity (Wildman–Crippen MR) is 90.2 cm³/mol. The van der Waals surface area contributed by atoms with Crippen molar-refractivity contribution in [2.24, 2.45) is 0 Å². The minimum Gasteiger partial charge on any atom is -0.329 e. The van der Waals surface area contributed by atoms with Crippen LogP contribution in [0, 0.1) is 13.8 Å². The van der Waals surface area contributed by atoms with Gasteiger partial charge in [0.25, 0.3) is 0 Å². The molecule has 1 aromatic carbocycles. The number of anilines is 2. The third kappa shape index (κ3) is 4.05. The van der Waals surface area contributed by atoms with E-state index >= 15 is 0 Å². The van der Waals surface area contributed by atoms with E-state index in [-0.39, 0.29) is 0 Å². The molecule has 0 saturated heterocycles. The SMILES string of the molecule is Cc1ccc(N(C)c2ccc(CNC(C)C)cn2)c(C)c1. The Morgan fingerprint density at radius 3 is 2.48 bits per heavy atom. The minimum absolute atomic E-state index is 0.488. The Bertz CT molecular complexity index is 588. The van der Waals surface area contributed by atoms with Crippen LogP contribution in [-0.4, -0.2) is 18.1 Å². The molecule has 1 aromatic heterocycles. The second-order valence-corrected chi connectivity index (χ2v) is 5.91. The van der Waals surface area contributed by atoms with Crippen LogP contribution in [0.2, 0.25) is 0 Å². The summed E-state index contributed by atoms with van der Waals surface area (Å²) >= 11 is 0. The molecule has 3 nitrogen and oxygen atoms in total. The van der Waals surface area contributed by atoms with E-state index in [0.29, 0.717) is 6.04 Å². The Morgan fingerprint density at radius 1 is 1.14 bits per heavy atom. The second kappa shape index (κ2) is 6.72. The van der Waals surface area contributed by atoms with Crippen molar-refractivity contribution in [1.82, 2.24) is 10.3 Å². The van der Waals surface area contributed by atoms with Crippen molar-refractivity contribution in [3.8, 4) is 0 Å². The summed E-state index contributed by atoms with van der Waals surface area (Å²) in [4.78, 5) is 6.72. The van der Waals surface area contributed by atoms with Gasteiger partial charge in [0, 0.05) is 31.5 Å². The zero-order valence-corrected chi connectivity index (χ0v) is 13.6. The van der Waals surface area contributed by atoms with E-state index in [0.717, 1.165) is 12.4 Å². The van der Waals surface area contributed by atoms with Crippen LogP contribution in [-0.2, 0) is 6.54 Å². The van der Waals surface area contributed by atoms with Gasteiger partial charge in [-0.05, 0) is 37.1 Å². The van der Waals surface area contributed by atoms with Crippen molar-refractivity contribution >= 4 is 11.5 Å². The molecular weight excluding hydrogens is 258 g/mol. The van der Waals surface area contributed by atoms with E-state index in [9.17, 15) is 0 Å². The molecule has 0 saturated carbocycles. The third-order valence-corrected chi connectivity index (χ3v) is 3.58.